The van der Waals surface area contributed by atoms with Gasteiger partial charge in [-0.25, -0.2) is 0 Å². The summed E-state index contributed by atoms with van der Waals surface area (Å²) in [6.07, 6.45) is 5.32. The Bertz CT molecular complexity index is 376. The molecular weight excluding hydrogens is 243 g/mol. The zero-order valence-electron chi connectivity index (χ0n) is 9.10. The van der Waals surface area contributed by atoms with Crippen LogP contribution in [0.4, 0.5) is 11.4 Å². The van der Waals surface area contributed by atoms with Crippen molar-refractivity contribution in [1.82, 2.24) is 0 Å². The quantitative estimate of drug-likeness (QED) is 0.615. The molecule has 0 atom stereocenters. The molecule has 0 saturated heterocycles. The largest absolute Gasteiger partial charge is 0.397 e. The Hall–Kier alpha value is -0.600. The van der Waals surface area contributed by atoms with Crippen molar-refractivity contribution >= 4 is 34.6 Å². The third-order valence-corrected chi connectivity index (χ3v) is 3.62. The van der Waals surface area contributed by atoms with E-state index in [1.807, 2.05) is 0 Å². The molecule has 0 bridgehead atoms. The predicted octanol–water partition coefficient (Wildman–Crippen LogP) is 4.18. The second-order valence-corrected chi connectivity index (χ2v) is 5.18. The summed E-state index contributed by atoms with van der Waals surface area (Å²) in [5, 5.41) is 4.34. The summed E-state index contributed by atoms with van der Waals surface area (Å²) in [5.41, 5.74) is 7.37. The van der Waals surface area contributed by atoms with E-state index in [9.17, 15) is 0 Å². The van der Waals surface area contributed by atoms with Gasteiger partial charge in [0.1, 0.15) is 0 Å². The van der Waals surface area contributed by atoms with E-state index in [0.717, 1.165) is 18.2 Å². The Morgan fingerprint density at radius 3 is 2.62 bits per heavy atom. The Morgan fingerprint density at radius 1 is 1.25 bits per heavy atom. The zero-order valence-corrected chi connectivity index (χ0v) is 10.6. The Kier molecular flexibility index (Phi) is 3.82. The van der Waals surface area contributed by atoms with Crippen LogP contribution in [0.3, 0.4) is 0 Å². The van der Waals surface area contributed by atoms with Crippen molar-refractivity contribution in [3.63, 3.8) is 0 Å². The number of benzene rings is 1. The molecule has 1 fully saturated rings. The maximum Gasteiger partial charge on any atom is 0.0614 e. The van der Waals surface area contributed by atoms with Gasteiger partial charge in [-0.15, -0.1) is 0 Å². The van der Waals surface area contributed by atoms with E-state index in [4.69, 9.17) is 28.9 Å². The number of hydrogen-bond donors (Lipinski definition) is 2. The molecular formula is C12H16Cl2N2. The molecule has 3 N–H and O–H groups in total. The SMILES string of the molecule is Nc1cc(Cl)c(Cl)cc1NCCCC1CC1. The summed E-state index contributed by atoms with van der Waals surface area (Å²) < 4.78 is 0. The van der Waals surface area contributed by atoms with Gasteiger partial charge in [-0.05, 0) is 30.9 Å². The summed E-state index contributed by atoms with van der Waals surface area (Å²) in [6, 6.07) is 3.48. The molecule has 1 aliphatic rings. The Balaban J connectivity index is 1.85. The van der Waals surface area contributed by atoms with Crippen LogP contribution < -0.4 is 11.1 Å². The average molecular weight is 259 g/mol. The highest BCUT2D eigenvalue weighted by atomic mass is 35.5. The lowest BCUT2D eigenvalue weighted by Gasteiger charge is -2.10. The maximum absolute atomic E-state index is 5.93. The van der Waals surface area contributed by atoms with Crippen molar-refractivity contribution in [2.45, 2.75) is 25.7 Å². The number of hydrogen-bond acceptors (Lipinski definition) is 2. The smallest absolute Gasteiger partial charge is 0.0614 e. The number of anilines is 2. The van der Waals surface area contributed by atoms with Gasteiger partial charge in [0, 0.05) is 6.54 Å². The summed E-state index contributed by atoms with van der Waals surface area (Å²) in [6.45, 7) is 0.943. The second kappa shape index (κ2) is 5.15. The van der Waals surface area contributed by atoms with Gasteiger partial charge in [0.05, 0.1) is 21.4 Å². The van der Waals surface area contributed by atoms with Crippen molar-refractivity contribution in [3.8, 4) is 0 Å². The van der Waals surface area contributed by atoms with Gasteiger partial charge in [0.15, 0.2) is 0 Å². The van der Waals surface area contributed by atoms with Crippen LogP contribution in [0.25, 0.3) is 0 Å². The van der Waals surface area contributed by atoms with Gasteiger partial charge in [-0.2, -0.15) is 0 Å². The monoisotopic (exact) mass is 258 g/mol. The van der Waals surface area contributed by atoms with Crippen molar-refractivity contribution in [2.24, 2.45) is 5.92 Å². The number of nitrogens with one attached hydrogen (secondary N) is 1. The molecule has 0 aromatic heterocycles. The number of rotatable bonds is 5. The van der Waals surface area contributed by atoms with Gasteiger partial charge in [-0.3, -0.25) is 0 Å². The number of nitrogen functional groups attached to an aromatic ring is 1. The highest BCUT2D eigenvalue weighted by molar-refractivity contribution is 6.42. The van der Waals surface area contributed by atoms with E-state index in [-0.39, 0.29) is 0 Å². The van der Waals surface area contributed by atoms with E-state index >= 15 is 0 Å². The third kappa shape index (κ3) is 3.19. The van der Waals surface area contributed by atoms with E-state index in [1.54, 1.807) is 12.1 Å². The van der Waals surface area contributed by atoms with E-state index in [2.05, 4.69) is 5.32 Å². The molecule has 0 heterocycles. The van der Waals surface area contributed by atoms with Crippen molar-refractivity contribution < 1.29 is 0 Å². The lowest BCUT2D eigenvalue weighted by atomic mass is 10.2. The van der Waals surface area contributed by atoms with E-state index in [0.29, 0.717) is 15.7 Å². The van der Waals surface area contributed by atoms with E-state index < -0.39 is 0 Å². The van der Waals surface area contributed by atoms with Crippen molar-refractivity contribution in [3.05, 3.63) is 22.2 Å². The fraction of sp³-hybridized carbons (Fsp3) is 0.500. The third-order valence-electron chi connectivity index (χ3n) is 2.89. The van der Waals surface area contributed by atoms with Gasteiger partial charge in [0.25, 0.3) is 0 Å². The highest BCUT2D eigenvalue weighted by Crippen LogP contribution is 2.34. The minimum atomic E-state index is 0.502. The molecule has 0 aliphatic heterocycles. The molecule has 1 aliphatic carbocycles. The van der Waals surface area contributed by atoms with Gasteiger partial charge in [-0.1, -0.05) is 36.0 Å². The molecule has 1 saturated carbocycles. The van der Waals surface area contributed by atoms with Crippen LogP contribution in [0.2, 0.25) is 10.0 Å². The Labute approximate surface area is 106 Å². The Morgan fingerprint density at radius 2 is 1.94 bits per heavy atom. The standard InChI is InChI=1S/C12H16Cl2N2/c13-9-6-11(15)12(7-10(9)14)16-5-1-2-8-3-4-8/h6-8,16H,1-5,15H2. The topological polar surface area (TPSA) is 38.0 Å². The molecule has 0 amide bonds. The molecule has 2 rings (SSSR count). The zero-order chi connectivity index (χ0) is 11.5. The summed E-state index contributed by atoms with van der Waals surface area (Å²) in [4.78, 5) is 0. The van der Waals surface area contributed by atoms with Crippen LogP contribution in [0, 0.1) is 5.92 Å². The van der Waals surface area contributed by atoms with Crippen LogP contribution in [0.5, 0.6) is 0 Å². The average Bonchev–Trinajstić information content (AvgIpc) is 3.04. The summed E-state index contributed by atoms with van der Waals surface area (Å²) >= 11 is 11.8. The minimum absolute atomic E-state index is 0.502. The fourth-order valence-corrected chi connectivity index (χ4v) is 2.07. The molecule has 0 radical (unpaired) electrons. The van der Waals surface area contributed by atoms with Crippen LogP contribution in [0.15, 0.2) is 12.1 Å². The van der Waals surface area contributed by atoms with Crippen molar-refractivity contribution in [2.75, 3.05) is 17.6 Å². The van der Waals surface area contributed by atoms with E-state index in [1.165, 1.54) is 25.7 Å². The van der Waals surface area contributed by atoms with Gasteiger partial charge in [0.2, 0.25) is 0 Å². The van der Waals surface area contributed by atoms with Crippen LogP contribution in [0.1, 0.15) is 25.7 Å². The molecule has 1 aromatic carbocycles. The second-order valence-electron chi connectivity index (χ2n) is 4.37. The minimum Gasteiger partial charge on any atom is -0.397 e. The summed E-state index contributed by atoms with van der Waals surface area (Å²) in [7, 11) is 0. The first-order valence-corrected chi connectivity index (χ1v) is 6.41. The first-order valence-electron chi connectivity index (χ1n) is 5.65. The van der Waals surface area contributed by atoms with Crippen LogP contribution >= 0.6 is 23.2 Å². The lowest BCUT2D eigenvalue weighted by Crippen LogP contribution is -2.04. The van der Waals surface area contributed by atoms with Gasteiger partial charge < -0.3 is 11.1 Å². The predicted molar refractivity (Wildman–Crippen MR) is 71.3 cm³/mol. The number of nitrogens with two attached hydrogens (primary N) is 1. The first-order chi connectivity index (χ1) is 7.66. The molecule has 0 spiro atoms. The molecule has 88 valence electrons. The van der Waals surface area contributed by atoms with Gasteiger partial charge >= 0.3 is 0 Å². The van der Waals surface area contributed by atoms with Crippen LogP contribution in [-0.4, -0.2) is 6.54 Å². The van der Waals surface area contributed by atoms with Crippen LogP contribution in [-0.2, 0) is 0 Å². The molecule has 2 nitrogen and oxygen atoms in total. The maximum atomic E-state index is 5.93. The fourth-order valence-electron chi connectivity index (χ4n) is 1.74. The molecule has 4 heteroatoms. The molecule has 1 aromatic rings. The summed E-state index contributed by atoms with van der Waals surface area (Å²) in [5.74, 6) is 0.980. The first kappa shape index (κ1) is 11.9. The normalized spacial score (nSPS) is 15.1. The number of halogens is 2. The highest BCUT2D eigenvalue weighted by Gasteiger charge is 2.19. The lowest BCUT2D eigenvalue weighted by molar-refractivity contribution is 0.687. The molecule has 0 unspecified atom stereocenters. The van der Waals surface area contributed by atoms with Crippen molar-refractivity contribution in [1.29, 1.82) is 0 Å². The molecule has 16 heavy (non-hydrogen) atoms.